The highest BCUT2D eigenvalue weighted by molar-refractivity contribution is 5.79. The Bertz CT molecular complexity index is 357. The van der Waals surface area contributed by atoms with Crippen molar-refractivity contribution in [3.63, 3.8) is 0 Å². The summed E-state index contributed by atoms with van der Waals surface area (Å²) in [5.41, 5.74) is 6.07. The van der Waals surface area contributed by atoms with E-state index in [0.29, 0.717) is 17.7 Å². The Morgan fingerprint density at radius 2 is 1.80 bits per heavy atom. The van der Waals surface area contributed by atoms with Crippen LogP contribution in [0.15, 0.2) is 0 Å². The molecule has 3 aliphatic rings. The number of rotatable bonds is 1. The first-order valence-corrected chi connectivity index (χ1v) is 8.69. The van der Waals surface area contributed by atoms with E-state index in [2.05, 4.69) is 11.8 Å². The lowest BCUT2D eigenvalue weighted by atomic mass is 9.67. The number of fused-ring (bicyclic) bond motifs is 1. The van der Waals surface area contributed by atoms with Crippen LogP contribution in [0.5, 0.6) is 0 Å². The summed E-state index contributed by atoms with van der Waals surface area (Å²) in [6.07, 6.45) is 10.2. The van der Waals surface area contributed by atoms with E-state index in [1.54, 1.807) is 0 Å². The number of hydrogen-bond acceptors (Lipinski definition) is 2. The zero-order chi connectivity index (χ0) is 14.1. The Balaban J connectivity index is 1.57. The second kappa shape index (κ2) is 6.05. The summed E-state index contributed by atoms with van der Waals surface area (Å²) >= 11 is 0. The van der Waals surface area contributed by atoms with Gasteiger partial charge in [-0.25, -0.2) is 0 Å². The van der Waals surface area contributed by atoms with Crippen LogP contribution in [0.25, 0.3) is 0 Å². The molecule has 2 aliphatic carbocycles. The van der Waals surface area contributed by atoms with Gasteiger partial charge in [0.05, 0.1) is 0 Å². The molecule has 3 rings (SSSR count). The van der Waals surface area contributed by atoms with Gasteiger partial charge in [-0.3, -0.25) is 4.79 Å². The molecule has 20 heavy (non-hydrogen) atoms. The number of piperidine rings is 1. The van der Waals surface area contributed by atoms with Crippen LogP contribution in [0.1, 0.15) is 58.3 Å². The lowest BCUT2D eigenvalue weighted by Gasteiger charge is -2.42. The van der Waals surface area contributed by atoms with Gasteiger partial charge in [-0.2, -0.15) is 0 Å². The third kappa shape index (κ3) is 2.88. The van der Waals surface area contributed by atoms with Crippen LogP contribution in [0.3, 0.4) is 0 Å². The van der Waals surface area contributed by atoms with E-state index in [1.807, 2.05) is 0 Å². The van der Waals surface area contributed by atoms with Crippen molar-refractivity contribution in [3.8, 4) is 0 Å². The van der Waals surface area contributed by atoms with Crippen LogP contribution in [0, 0.1) is 23.7 Å². The molecule has 3 nitrogen and oxygen atoms in total. The fourth-order valence-corrected chi connectivity index (χ4v) is 4.72. The highest BCUT2D eigenvalue weighted by Crippen LogP contribution is 2.43. The average molecular weight is 278 g/mol. The van der Waals surface area contributed by atoms with Crippen LogP contribution >= 0.6 is 0 Å². The maximum atomic E-state index is 12.8. The quantitative estimate of drug-likeness (QED) is 0.801. The number of likely N-dealkylation sites (tertiary alicyclic amines) is 1. The van der Waals surface area contributed by atoms with Gasteiger partial charge < -0.3 is 10.6 Å². The van der Waals surface area contributed by atoms with Gasteiger partial charge in [-0.1, -0.05) is 32.6 Å². The number of hydrogen-bond donors (Lipinski definition) is 1. The van der Waals surface area contributed by atoms with Crippen molar-refractivity contribution in [2.75, 3.05) is 13.1 Å². The van der Waals surface area contributed by atoms with E-state index in [1.165, 1.54) is 38.5 Å². The molecule has 5 atom stereocenters. The largest absolute Gasteiger partial charge is 0.342 e. The monoisotopic (exact) mass is 278 g/mol. The summed E-state index contributed by atoms with van der Waals surface area (Å²) in [4.78, 5) is 14.9. The maximum Gasteiger partial charge on any atom is 0.225 e. The molecule has 5 unspecified atom stereocenters. The summed E-state index contributed by atoms with van der Waals surface area (Å²) in [5, 5.41) is 0. The molecule has 1 amide bonds. The number of carbonyl (C=O) groups is 1. The fourth-order valence-electron chi connectivity index (χ4n) is 4.72. The topological polar surface area (TPSA) is 46.3 Å². The minimum Gasteiger partial charge on any atom is -0.342 e. The van der Waals surface area contributed by atoms with Crippen molar-refractivity contribution in [1.29, 1.82) is 0 Å². The van der Waals surface area contributed by atoms with Gasteiger partial charge in [0, 0.05) is 25.0 Å². The highest BCUT2D eigenvalue weighted by atomic mass is 16.2. The first-order valence-electron chi connectivity index (χ1n) is 8.69. The Kier molecular flexibility index (Phi) is 4.34. The van der Waals surface area contributed by atoms with Crippen molar-refractivity contribution in [3.05, 3.63) is 0 Å². The zero-order valence-corrected chi connectivity index (χ0v) is 12.9. The van der Waals surface area contributed by atoms with Gasteiger partial charge in [-0.05, 0) is 43.4 Å². The predicted molar refractivity (Wildman–Crippen MR) is 81.1 cm³/mol. The molecule has 2 N–H and O–H groups in total. The first-order chi connectivity index (χ1) is 9.65. The van der Waals surface area contributed by atoms with Gasteiger partial charge in [0.1, 0.15) is 0 Å². The van der Waals surface area contributed by atoms with Crippen molar-refractivity contribution >= 4 is 5.91 Å². The summed E-state index contributed by atoms with van der Waals surface area (Å²) in [6, 6.07) is 0.285. The van der Waals surface area contributed by atoms with E-state index in [4.69, 9.17) is 5.73 Å². The standard InChI is InChI=1S/C17H30N2O/c1-12-11-19(9-8-16(12)18)17(20)15-7-6-13-4-2-3-5-14(13)10-15/h12-16H,2-11,18H2,1H3. The fraction of sp³-hybridized carbons (Fsp3) is 0.941. The molecular formula is C17H30N2O. The minimum atomic E-state index is 0.285. The molecule has 3 heteroatoms. The Hall–Kier alpha value is -0.570. The third-order valence-electron chi connectivity index (χ3n) is 6.17. The van der Waals surface area contributed by atoms with Crippen molar-refractivity contribution < 1.29 is 4.79 Å². The van der Waals surface area contributed by atoms with Gasteiger partial charge in [0.15, 0.2) is 0 Å². The number of carbonyl (C=O) groups excluding carboxylic acids is 1. The molecular weight excluding hydrogens is 248 g/mol. The van der Waals surface area contributed by atoms with E-state index >= 15 is 0 Å². The molecule has 0 aromatic rings. The van der Waals surface area contributed by atoms with Gasteiger partial charge in [0.2, 0.25) is 5.91 Å². The highest BCUT2D eigenvalue weighted by Gasteiger charge is 2.37. The molecule has 0 aromatic carbocycles. The predicted octanol–water partition coefficient (Wildman–Crippen LogP) is 2.79. The van der Waals surface area contributed by atoms with Crippen molar-refractivity contribution in [2.45, 2.75) is 64.3 Å². The zero-order valence-electron chi connectivity index (χ0n) is 12.9. The van der Waals surface area contributed by atoms with Crippen LogP contribution in [-0.4, -0.2) is 29.9 Å². The van der Waals surface area contributed by atoms with Gasteiger partial charge >= 0.3 is 0 Å². The lowest BCUT2D eigenvalue weighted by Crippen LogP contribution is -2.50. The SMILES string of the molecule is CC1CN(C(=O)C2CCC3CCCCC3C2)CCC1N. The summed E-state index contributed by atoms with van der Waals surface area (Å²) in [6.45, 7) is 3.95. The summed E-state index contributed by atoms with van der Waals surface area (Å²) < 4.78 is 0. The molecule has 2 saturated carbocycles. The second-order valence-electron chi connectivity index (χ2n) is 7.53. The number of nitrogens with two attached hydrogens (primary N) is 1. The third-order valence-corrected chi connectivity index (χ3v) is 6.17. The Morgan fingerprint density at radius 3 is 2.55 bits per heavy atom. The second-order valence-corrected chi connectivity index (χ2v) is 7.53. The summed E-state index contributed by atoms with van der Waals surface area (Å²) in [5.74, 6) is 2.99. The Morgan fingerprint density at radius 1 is 1.05 bits per heavy atom. The molecule has 1 heterocycles. The minimum absolute atomic E-state index is 0.285. The maximum absolute atomic E-state index is 12.8. The first kappa shape index (κ1) is 14.4. The van der Waals surface area contributed by atoms with Crippen LogP contribution in [-0.2, 0) is 4.79 Å². The molecule has 3 fully saturated rings. The summed E-state index contributed by atoms with van der Waals surface area (Å²) in [7, 11) is 0. The number of nitrogens with zero attached hydrogens (tertiary/aromatic N) is 1. The van der Waals surface area contributed by atoms with Gasteiger partial charge in [-0.15, -0.1) is 0 Å². The molecule has 0 bridgehead atoms. The van der Waals surface area contributed by atoms with E-state index in [0.717, 1.165) is 37.8 Å². The van der Waals surface area contributed by atoms with E-state index in [-0.39, 0.29) is 6.04 Å². The normalized spacial score (nSPS) is 42.1. The Labute approximate surface area is 123 Å². The van der Waals surface area contributed by atoms with E-state index in [9.17, 15) is 4.79 Å². The molecule has 1 aliphatic heterocycles. The lowest BCUT2D eigenvalue weighted by molar-refractivity contribution is -0.139. The van der Waals surface area contributed by atoms with Crippen molar-refractivity contribution in [1.82, 2.24) is 4.90 Å². The number of amides is 1. The van der Waals surface area contributed by atoms with E-state index < -0.39 is 0 Å². The van der Waals surface area contributed by atoms with Crippen LogP contribution in [0.2, 0.25) is 0 Å². The smallest absolute Gasteiger partial charge is 0.225 e. The molecule has 114 valence electrons. The molecule has 0 aromatic heterocycles. The van der Waals surface area contributed by atoms with Crippen LogP contribution in [0.4, 0.5) is 0 Å². The molecule has 0 radical (unpaired) electrons. The van der Waals surface area contributed by atoms with Crippen LogP contribution < -0.4 is 5.73 Å². The van der Waals surface area contributed by atoms with Gasteiger partial charge in [0.25, 0.3) is 0 Å². The molecule has 0 spiro atoms. The average Bonchev–Trinajstić information content (AvgIpc) is 2.49. The molecule has 1 saturated heterocycles. The van der Waals surface area contributed by atoms with Crippen molar-refractivity contribution in [2.24, 2.45) is 29.4 Å².